The van der Waals surface area contributed by atoms with Crippen molar-refractivity contribution in [3.8, 4) is 0 Å². The highest BCUT2D eigenvalue weighted by Gasteiger charge is 2.46. The minimum atomic E-state index is -0.102. The fraction of sp³-hybridized carbons (Fsp3) is 0.268. The van der Waals surface area contributed by atoms with E-state index in [4.69, 9.17) is 0 Å². The first-order chi connectivity index (χ1) is 21.6. The molecule has 7 rings (SSSR count). The zero-order valence-corrected chi connectivity index (χ0v) is 26.7. The van der Waals surface area contributed by atoms with Crippen LogP contribution < -0.4 is 20.6 Å². The lowest BCUT2D eigenvalue weighted by Crippen LogP contribution is -2.61. The average Bonchev–Trinajstić information content (AvgIpc) is 3.06. The first-order valence-electron chi connectivity index (χ1n) is 16.6. The summed E-state index contributed by atoms with van der Waals surface area (Å²) >= 11 is 0. The second kappa shape index (κ2) is 11.7. The van der Waals surface area contributed by atoms with E-state index < -0.39 is 0 Å². The van der Waals surface area contributed by atoms with Crippen molar-refractivity contribution in [3.05, 3.63) is 138 Å². The van der Waals surface area contributed by atoms with E-state index in [-0.39, 0.29) is 12.3 Å². The van der Waals surface area contributed by atoms with Crippen molar-refractivity contribution in [1.29, 1.82) is 0 Å². The van der Waals surface area contributed by atoms with Gasteiger partial charge < -0.3 is 9.71 Å². The normalized spacial score (nSPS) is 14.5. The first-order valence-corrected chi connectivity index (χ1v) is 16.6. The summed E-state index contributed by atoms with van der Waals surface area (Å²) in [6.07, 6.45) is 6.93. The van der Waals surface area contributed by atoms with Gasteiger partial charge in [0.25, 0.3) is 0 Å². The monoisotopic (exact) mass is 574 g/mol. The van der Waals surface area contributed by atoms with E-state index >= 15 is 0 Å². The predicted octanol–water partition coefficient (Wildman–Crippen LogP) is 9.74. The highest BCUT2D eigenvalue weighted by Crippen LogP contribution is 2.53. The molecular weight excluding hydrogens is 531 g/mol. The van der Waals surface area contributed by atoms with Crippen molar-refractivity contribution in [3.63, 3.8) is 0 Å². The van der Waals surface area contributed by atoms with E-state index in [1.165, 1.54) is 87.3 Å². The zero-order valence-electron chi connectivity index (χ0n) is 26.7. The highest BCUT2D eigenvalue weighted by molar-refractivity contribution is 6.92. The Bertz CT molecular complexity index is 1680. The van der Waals surface area contributed by atoms with Gasteiger partial charge in [-0.3, -0.25) is 0 Å². The highest BCUT2D eigenvalue weighted by atomic mass is 15.2. The molecule has 2 aliphatic heterocycles. The van der Waals surface area contributed by atoms with Gasteiger partial charge in [-0.15, -0.1) is 0 Å². The maximum atomic E-state index is 2.78. The molecule has 0 saturated carbocycles. The van der Waals surface area contributed by atoms with Gasteiger partial charge in [0.2, 0.25) is 0 Å². The van der Waals surface area contributed by atoms with Crippen LogP contribution in [0.25, 0.3) is 0 Å². The second-order valence-electron chi connectivity index (χ2n) is 13.0. The number of para-hydroxylation sites is 5. The minimum absolute atomic E-state index is 0.0431. The Kier molecular flexibility index (Phi) is 7.58. The molecule has 2 heterocycles. The Morgan fingerprint density at radius 3 is 1.52 bits per heavy atom. The number of unbranched alkanes of at least 4 members (excludes halogenated alkanes) is 2. The van der Waals surface area contributed by atoms with E-state index in [9.17, 15) is 0 Å². The number of benzene rings is 5. The predicted molar refractivity (Wildman–Crippen MR) is 191 cm³/mol. The number of nitrogens with zero attached hydrogens (tertiary/aromatic N) is 2. The van der Waals surface area contributed by atoms with Crippen LogP contribution in [0.1, 0.15) is 75.6 Å². The number of hydrogen-bond acceptors (Lipinski definition) is 2. The molecule has 0 bridgehead atoms. The molecule has 3 heteroatoms. The van der Waals surface area contributed by atoms with E-state index in [0.717, 1.165) is 12.8 Å². The maximum Gasteiger partial charge on any atom is 0.332 e. The smallest absolute Gasteiger partial charge is 0.332 e. The first kappa shape index (κ1) is 28.5. The van der Waals surface area contributed by atoms with Crippen LogP contribution in [0.5, 0.6) is 0 Å². The molecule has 2 nitrogen and oxygen atoms in total. The van der Waals surface area contributed by atoms with Crippen molar-refractivity contribution < 1.29 is 0 Å². The van der Waals surface area contributed by atoms with Crippen molar-refractivity contribution in [1.82, 2.24) is 0 Å². The van der Waals surface area contributed by atoms with Gasteiger partial charge in [0.05, 0.1) is 0 Å². The number of fused-ring (bicyclic) bond motifs is 4. The van der Waals surface area contributed by atoms with Crippen LogP contribution in [0.3, 0.4) is 0 Å². The van der Waals surface area contributed by atoms with Crippen LogP contribution in [0.2, 0.25) is 0 Å². The van der Waals surface area contributed by atoms with Gasteiger partial charge in [-0.2, -0.15) is 0 Å². The van der Waals surface area contributed by atoms with Crippen molar-refractivity contribution in [2.24, 2.45) is 0 Å². The Morgan fingerprint density at radius 2 is 1.02 bits per heavy atom. The molecule has 0 saturated heterocycles. The molecule has 0 spiro atoms. The molecular formula is C41H43BN2. The van der Waals surface area contributed by atoms with Gasteiger partial charge in [-0.1, -0.05) is 132 Å². The second-order valence-corrected chi connectivity index (χ2v) is 13.0. The summed E-state index contributed by atoms with van der Waals surface area (Å²) < 4.78 is 0. The third kappa shape index (κ3) is 4.56. The third-order valence-corrected chi connectivity index (χ3v) is 9.88. The van der Waals surface area contributed by atoms with E-state index in [1.807, 2.05) is 0 Å². The molecule has 0 atom stereocenters. The summed E-state index contributed by atoms with van der Waals surface area (Å²) in [5.41, 5.74) is 15.0. The standard InChI is InChI=1S/C41H43BN2/c1-5-7-18-30-20-16-24-33-39(30)44(40-31(19-8-6-2)21-17-25-34(40)41(33,3)4)42-35-26-12-14-28-37(35)43(32-22-10-9-11-23-32)38-29-15-13-27-36(38)42/h9-17,20-29H,5-8,18-19H2,1-4H3. The maximum absolute atomic E-state index is 2.78. The molecule has 220 valence electrons. The number of anilines is 5. The molecule has 0 aliphatic carbocycles. The van der Waals surface area contributed by atoms with Gasteiger partial charge in [0, 0.05) is 33.9 Å². The van der Waals surface area contributed by atoms with Crippen molar-refractivity contribution >= 4 is 46.2 Å². The van der Waals surface area contributed by atoms with Crippen LogP contribution in [0.4, 0.5) is 28.4 Å². The lowest BCUT2D eigenvalue weighted by atomic mass is 9.45. The number of hydrogen-bond donors (Lipinski definition) is 0. The largest absolute Gasteiger partial charge is 0.376 e. The van der Waals surface area contributed by atoms with Crippen LogP contribution in [0, 0.1) is 0 Å². The topological polar surface area (TPSA) is 6.48 Å². The van der Waals surface area contributed by atoms with Gasteiger partial charge in [-0.05, 0) is 83.1 Å². The SMILES string of the molecule is CCCCc1cccc2c1N(B1c3ccccc3N(c3ccccc3)c3ccccc31)c1c(CCCC)cccc1C2(C)C. The van der Waals surface area contributed by atoms with Gasteiger partial charge in [0.15, 0.2) is 0 Å². The molecule has 5 aromatic rings. The lowest BCUT2D eigenvalue weighted by molar-refractivity contribution is 0.628. The molecule has 2 aliphatic rings. The molecule has 0 radical (unpaired) electrons. The van der Waals surface area contributed by atoms with Crippen LogP contribution in [0.15, 0.2) is 115 Å². The van der Waals surface area contributed by atoms with Crippen molar-refractivity contribution in [2.45, 2.75) is 71.6 Å². The molecule has 0 aromatic heterocycles. The fourth-order valence-electron chi connectivity index (χ4n) is 7.69. The quantitative estimate of drug-likeness (QED) is 0.170. The summed E-state index contributed by atoms with van der Waals surface area (Å²) in [5, 5.41) is 0. The minimum Gasteiger partial charge on any atom is -0.376 e. The number of rotatable bonds is 8. The zero-order chi connectivity index (χ0) is 30.3. The molecule has 44 heavy (non-hydrogen) atoms. The summed E-state index contributed by atoms with van der Waals surface area (Å²) in [5.74, 6) is 0. The van der Waals surface area contributed by atoms with Gasteiger partial charge in [0.1, 0.15) is 0 Å². The summed E-state index contributed by atoms with van der Waals surface area (Å²) in [6, 6.07) is 43.3. The summed E-state index contributed by atoms with van der Waals surface area (Å²) in [4.78, 5) is 5.24. The Labute approximate surface area is 264 Å². The molecule has 0 fully saturated rings. The summed E-state index contributed by atoms with van der Waals surface area (Å²) in [6.45, 7) is 9.54. The van der Waals surface area contributed by atoms with E-state index in [2.05, 4.69) is 153 Å². The molecule has 0 N–H and O–H groups in total. The van der Waals surface area contributed by atoms with Gasteiger partial charge >= 0.3 is 6.85 Å². The van der Waals surface area contributed by atoms with Crippen LogP contribution >= 0.6 is 0 Å². The molecule has 5 aromatic carbocycles. The lowest BCUT2D eigenvalue weighted by Gasteiger charge is -2.49. The Morgan fingerprint density at radius 1 is 0.545 bits per heavy atom. The molecule has 0 amide bonds. The average molecular weight is 575 g/mol. The van der Waals surface area contributed by atoms with E-state index in [1.54, 1.807) is 0 Å². The van der Waals surface area contributed by atoms with Crippen molar-refractivity contribution in [2.75, 3.05) is 9.71 Å². The Hall–Kier alpha value is -4.24. The van der Waals surface area contributed by atoms with Gasteiger partial charge in [-0.25, -0.2) is 0 Å². The number of aryl methyl sites for hydroxylation is 2. The van der Waals surface area contributed by atoms with Crippen LogP contribution in [-0.4, -0.2) is 6.85 Å². The molecule has 0 unspecified atom stereocenters. The fourth-order valence-corrected chi connectivity index (χ4v) is 7.69. The van der Waals surface area contributed by atoms with E-state index in [0.29, 0.717) is 0 Å². The van der Waals surface area contributed by atoms with Crippen LogP contribution in [-0.2, 0) is 18.3 Å². The Balaban J connectivity index is 1.56. The summed E-state index contributed by atoms with van der Waals surface area (Å²) in [7, 11) is 0. The third-order valence-electron chi connectivity index (χ3n) is 9.88.